The quantitative estimate of drug-likeness (QED) is 0.815. The molecular formula is C12H11ClF3NO4. The number of rotatable bonds is 6. The summed E-state index contributed by atoms with van der Waals surface area (Å²) >= 11 is 5.74. The smallest absolute Gasteiger partial charge is 0.405 e. The summed E-state index contributed by atoms with van der Waals surface area (Å²) in [5.74, 6) is -0.964. The Morgan fingerprint density at radius 3 is 2.62 bits per heavy atom. The van der Waals surface area contributed by atoms with E-state index in [9.17, 15) is 22.8 Å². The number of hydrogen-bond acceptors (Lipinski definition) is 4. The summed E-state index contributed by atoms with van der Waals surface area (Å²) in [6, 6.07) is 2.62. The summed E-state index contributed by atoms with van der Waals surface area (Å²) in [5, 5.41) is 1.85. The second-order valence-corrected chi connectivity index (χ2v) is 4.26. The minimum Gasteiger partial charge on any atom is -0.493 e. The van der Waals surface area contributed by atoms with E-state index in [0.717, 1.165) is 0 Å². The van der Waals surface area contributed by atoms with Crippen LogP contribution in [0.4, 0.5) is 13.2 Å². The summed E-state index contributed by atoms with van der Waals surface area (Å²) in [4.78, 5) is 22.1. The van der Waals surface area contributed by atoms with Gasteiger partial charge in [0.05, 0.1) is 12.7 Å². The molecule has 0 bridgehead atoms. The molecule has 0 aliphatic carbocycles. The Labute approximate surface area is 123 Å². The summed E-state index contributed by atoms with van der Waals surface area (Å²) in [7, 11) is 1.29. The maximum Gasteiger partial charge on any atom is 0.405 e. The third-order valence-corrected chi connectivity index (χ3v) is 2.45. The van der Waals surface area contributed by atoms with Gasteiger partial charge in [-0.15, -0.1) is 0 Å². The molecule has 0 aliphatic heterocycles. The van der Waals surface area contributed by atoms with E-state index in [4.69, 9.17) is 21.1 Å². The number of benzene rings is 1. The molecule has 0 spiro atoms. The van der Waals surface area contributed by atoms with E-state index in [1.54, 1.807) is 5.32 Å². The Morgan fingerprint density at radius 1 is 1.43 bits per heavy atom. The molecule has 0 unspecified atom stereocenters. The molecular weight excluding hydrogens is 315 g/mol. The number of halogens is 4. The van der Waals surface area contributed by atoms with Crippen molar-refractivity contribution in [3.63, 3.8) is 0 Å². The van der Waals surface area contributed by atoms with Crippen molar-refractivity contribution in [2.45, 2.75) is 6.18 Å². The Kier molecular flexibility index (Phi) is 5.83. The van der Waals surface area contributed by atoms with Crippen molar-refractivity contribution in [2.24, 2.45) is 0 Å². The normalized spacial score (nSPS) is 10.9. The van der Waals surface area contributed by atoms with Gasteiger partial charge in [0.2, 0.25) is 0 Å². The van der Waals surface area contributed by atoms with Crippen LogP contribution in [0.3, 0.4) is 0 Å². The predicted molar refractivity (Wildman–Crippen MR) is 68.0 cm³/mol. The molecule has 0 saturated carbocycles. The van der Waals surface area contributed by atoms with Crippen LogP contribution in [-0.2, 0) is 4.79 Å². The number of hydrogen-bond donors (Lipinski definition) is 1. The molecule has 5 nitrogen and oxygen atoms in total. The van der Waals surface area contributed by atoms with Crippen molar-refractivity contribution >= 4 is 23.8 Å². The van der Waals surface area contributed by atoms with Crippen LogP contribution < -0.4 is 14.8 Å². The van der Waals surface area contributed by atoms with Crippen LogP contribution in [0.1, 0.15) is 10.4 Å². The van der Waals surface area contributed by atoms with Crippen LogP contribution in [0.15, 0.2) is 12.1 Å². The number of methoxy groups -OCH3 is 1. The summed E-state index contributed by atoms with van der Waals surface area (Å²) in [5.41, 5.74) is 0.0166. The van der Waals surface area contributed by atoms with Gasteiger partial charge < -0.3 is 14.8 Å². The molecule has 1 N–H and O–H groups in total. The lowest BCUT2D eigenvalue weighted by Crippen LogP contribution is -2.36. The van der Waals surface area contributed by atoms with Crippen molar-refractivity contribution in [2.75, 3.05) is 20.3 Å². The van der Waals surface area contributed by atoms with Crippen molar-refractivity contribution < 1.29 is 32.2 Å². The number of ether oxygens (including phenoxy) is 2. The second kappa shape index (κ2) is 7.16. The van der Waals surface area contributed by atoms with Crippen LogP contribution in [0.25, 0.3) is 0 Å². The van der Waals surface area contributed by atoms with Crippen LogP contribution in [-0.4, -0.2) is 38.6 Å². The summed E-state index contributed by atoms with van der Waals surface area (Å²) in [6.45, 7) is -2.16. The highest BCUT2D eigenvalue weighted by atomic mass is 35.5. The number of carbonyl (C=O) groups excluding carboxylic acids is 2. The molecule has 116 valence electrons. The third kappa shape index (κ3) is 5.50. The van der Waals surface area contributed by atoms with Gasteiger partial charge in [-0.2, -0.15) is 13.2 Å². The molecule has 0 radical (unpaired) electrons. The monoisotopic (exact) mass is 325 g/mol. The zero-order valence-electron chi connectivity index (χ0n) is 10.8. The Balaban J connectivity index is 2.75. The molecule has 0 aromatic heterocycles. The highest BCUT2D eigenvalue weighted by molar-refractivity contribution is 6.31. The molecule has 0 fully saturated rings. The minimum atomic E-state index is -4.51. The second-order valence-electron chi connectivity index (χ2n) is 3.82. The molecule has 0 saturated heterocycles. The van der Waals surface area contributed by atoms with Gasteiger partial charge in [-0.1, -0.05) is 11.6 Å². The predicted octanol–water partition coefficient (Wildman–Crippen LogP) is 2.22. The van der Waals surface area contributed by atoms with E-state index in [0.29, 0.717) is 6.29 Å². The lowest BCUT2D eigenvalue weighted by molar-refractivity contribution is -0.139. The molecule has 0 heterocycles. The van der Waals surface area contributed by atoms with Crippen LogP contribution in [0.2, 0.25) is 5.02 Å². The average Bonchev–Trinajstić information content (AvgIpc) is 2.41. The highest BCUT2D eigenvalue weighted by Gasteiger charge is 2.27. The van der Waals surface area contributed by atoms with Crippen molar-refractivity contribution in [3.8, 4) is 11.5 Å². The fourth-order valence-electron chi connectivity index (χ4n) is 1.37. The molecule has 0 aliphatic rings. The third-order valence-electron chi connectivity index (χ3n) is 2.23. The number of carbonyl (C=O) groups is 2. The first-order chi connectivity index (χ1) is 9.76. The van der Waals surface area contributed by atoms with E-state index >= 15 is 0 Å². The largest absolute Gasteiger partial charge is 0.493 e. The van der Waals surface area contributed by atoms with E-state index in [2.05, 4.69) is 0 Å². The fourth-order valence-corrected chi connectivity index (χ4v) is 1.59. The zero-order valence-corrected chi connectivity index (χ0v) is 11.5. The van der Waals surface area contributed by atoms with Gasteiger partial charge in [0, 0.05) is 11.1 Å². The van der Waals surface area contributed by atoms with E-state index in [-0.39, 0.29) is 22.1 Å². The Morgan fingerprint density at radius 2 is 2.10 bits per heavy atom. The molecule has 1 amide bonds. The lowest BCUT2D eigenvalue weighted by atomic mass is 10.2. The van der Waals surface area contributed by atoms with Crippen molar-refractivity contribution in [1.82, 2.24) is 5.32 Å². The first-order valence-corrected chi connectivity index (χ1v) is 5.93. The molecule has 1 aromatic rings. The molecule has 9 heteroatoms. The van der Waals surface area contributed by atoms with E-state index in [1.807, 2.05) is 0 Å². The van der Waals surface area contributed by atoms with Crippen molar-refractivity contribution in [3.05, 3.63) is 22.7 Å². The minimum absolute atomic E-state index is 0.0166. The lowest BCUT2D eigenvalue weighted by Gasteiger charge is -2.13. The number of alkyl halides is 3. The topological polar surface area (TPSA) is 64.6 Å². The molecule has 1 rings (SSSR count). The van der Waals surface area contributed by atoms with Gasteiger partial charge in [0.15, 0.2) is 24.4 Å². The van der Waals surface area contributed by atoms with E-state index < -0.39 is 25.2 Å². The number of nitrogens with one attached hydrogen (secondary N) is 1. The van der Waals surface area contributed by atoms with Crippen LogP contribution in [0.5, 0.6) is 11.5 Å². The van der Waals surface area contributed by atoms with Gasteiger partial charge in [-0.3, -0.25) is 9.59 Å². The molecule has 0 atom stereocenters. The SMILES string of the molecule is COc1cc(Cl)cc(C=O)c1OCC(=O)NCC(F)(F)F. The zero-order chi connectivity index (χ0) is 16.0. The maximum atomic E-state index is 11.9. The molecule has 21 heavy (non-hydrogen) atoms. The standard InChI is InChI=1S/C12H11ClF3NO4/c1-20-9-3-8(13)2-7(4-18)11(9)21-5-10(19)17-6-12(14,15)16/h2-4H,5-6H2,1H3,(H,17,19). The Bertz CT molecular complexity index is 534. The van der Waals surface area contributed by atoms with E-state index in [1.165, 1.54) is 19.2 Å². The van der Waals surface area contributed by atoms with Crippen LogP contribution >= 0.6 is 11.6 Å². The van der Waals surface area contributed by atoms with Gasteiger partial charge >= 0.3 is 6.18 Å². The average molecular weight is 326 g/mol. The van der Waals surface area contributed by atoms with Gasteiger partial charge in [-0.05, 0) is 6.07 Å². The summed E-state index contributed by atoms with van der Waals surface area (Å²) in [6.07, 6.45) is -4.08. The number of amides is 1. The van der Waals surface area contributed by atoms with Gasteiger partial charge in [0.1, 0.15) is 6.54 Å². The van der Waals surface area contributed by atoms with Gasteiger partial charge in [0.25, 0.3) is 5.91 Å². The van der Waals surface area contributed by atoms with Crippen molar-refractivity contribution in [1.29, 1.82) is 0 Å². The first-order valence-electron chi connectivity index (χ1n) is 5.55. The fraction of sp³-hybridized carbons (Fsp3) is 0.333. The van der Waals surface area contributed by atoms with Gasteiger partial charge in [-0.25, -0.2) is 0 Å². The summed E-state index contributed by atoms with van der Waals surface area (Å²) < 4.78 is 45.7. The Hall–Kier alpha value is -1.96. The first kappa shape index (κ1) is 17.1. The molecule has 1 aromatic carbocycles. The maximum absolute atomic E-state index is 11.9. The van der Waals surface area contributed by atoms with Crippen LogP contribution in [0, 0.1) is 0 Å². The number of aldehydes is 1. The highest BCUT2D eigenvalue weighted by Crippen LogP contribution is 2.33.